The Labute approximate surface area is 143 Å². The molecule has 0 aliphatic rings. The number of hydrogen-bond donors (Lipinski definition) is 1. The van der Waals surface area contributed by atoms with Crippen LogP contribution < -0.4 is 0 Å². The Morgan fingerprint density at radius 3 is 2.17 bits per heavy atom. The van der Waals surface area contributed by atoms with Gasteiger partial charge in [0.05, 0.1) is 16.6 Å². The fourth-order valence-electron chi connectivity index (χ4n) is 2.96. The maximum atomic E-state index is 13.0. The maximum Gasteiger partial charge on any atom is 0.190 e. The fraction of sp³-hybridized carbons (Fsp3) is 0.381. The van der Waals surface area contributed by atoms with Crippen molar-refractivity contribution in [1.82, 2.24) is 9.97 Å². The Kier molecular flexibility index (Phi) is 3.71. The monoisotopic (exact) mass is 321 g/mol. The zero-order valence-electron chi connectivity index (χ0n) is 15.3. The number of rotatable bonds is 1. The van der Waals surface area contributed by atoms with Gasteiger partial charge in [-0.2, -0.15) is 0 Å². The van der Waals surface area contributed by atoms with E-state index in [0.717, 1.165) is 22.2 Å². The molecule has 0 amide bonds. The maximum absolute atomic E-state index is 13.0. The molecule has 0 atom stereocenters. The number of fused-ring (bicyclic) bond motifs is 1. The summed E-state index contributed by atoms with van der Waals surface area (Å²) in [6.45, 7) is 12.8. The van der Waals surface area contributed by atoms with Crippen LogP contribution in [0, 0.1) is 0 Å². The van der Waals surface area contributed by atoms with Crippen LogP contribution in [-0.2, 0) is 15.9 Å². The largest absolute Gasteiger partial charge is 0.338 e. The molecule has 0 aliphatic carbocycles. The lowest BCUT2D eigenvalue weighted by Gasteiger charge is -2.27. The minimum atomic E-state index is -0.144. The van der Waals surface area contributed by atoms with Crippen molar-refractivity contribution in [3.63, 3.8) is 0 Å². The van der Waals surface area contributed by atoms with Crippen molar-refractivity contribution in [3.8, 4) is 17.1 Å². The first-order valence-corrected chi connectivity index (χ1v) is 8.38. The van der Waals surface area contributed by atoms with Crippen LogP contribution in [0.2, 0.25) is 0 Å². The van der Waals surface area contributed by atoms with Crippen molar-refractivity contribution >= 4 is 11.0 Å². The summed E-state index contributed by atoms with van der Waals surface area (Å²) in [6.07, 6.45) is 0. The third kappa shape index (κ3) is 2.91. The highest BCUT2D eigenvalue weighted by molar-refractivity contribution is 5.82. The first kappa shape index (κ1) is 16.6. The van der Waals surface area contributed by atoms with Crippen LogP contribution in [0.5, 0.6) is 5.75 Å². The van der Waals surface area contributed by atoms with E-state index < -0.39 is 0 Å². The summed E-state index contributed by atoms with van der Waals surface area (Å²) in [5, 5.41) is 13.0. The van der Waals surface area contributed by atoms with Gasteiger partial charge in [-0.05, 0) is 40.2 Å². The summed E-state index contributed by atoms with van der Waals surface area (Å²) in [6, 6.07) is 11.8. The van der Waals surface area contributed by atoms with E-state index in [4.69, 9.17) is 0 Å². The van der Waals surface area contributed by atoms with E-state index in [1.54, 1.807) is 6.07 Å². The van der Waals surface area contributed by atoms with Crippen LogP contribution in [0.1, 0.15) is 52.7 Å². The van der Waals surface area contributed by atoms with Crippen molar-refractivity contribution in [2.24, 2.45) is 0 Å². The van der Waals surface area contributed by atoms with Gasteiger partial charge < -0.3 is 4.98 Å². The third-order valence-corrected chi connectivity index (χ3v) is 4.40. The van der Waals surface area contributed by atoms with Gasteiger partial charge in [-0.3, -0.25) is 5.11 Å². The van der Waals surface area contributed by atoms with E-state index >= 15 is 0 Å². The van der Waals surface area contributed by atoms with E-state index in [1.807, 2.05) is 24.3 Å². The second kappa shape index (κ2) is 5.37. The van der Waals surface area contributed by atoms with Gasteiger partial charge in [-0.1, -0.05) is 59.7 Å². The molecule has 1 heterocycles. The van der Waals surface area contributed by atoms with Gasteiger partial charge in [0.2, 0.25) is 0 Å². The van der Waals surface area contributed by atoms with Gasteiger partial charge in [0.1, 0.15) is 5.82 Å². The van der Waals surface area contributed by atoms with Crippen molar-refractivity contribution in [3.05, 3.63) is 47.5 Å². The molecule has 0 saturated heterocycles. The second-order valence-electron chi connectivity index (χ2n) is 8.50. The molecule has 0 bridgehead atoms. The molecule has 0 saturated carbocycles. The molecule has 1 N–H and O–H groups in total. The van der Waals surface area contributed by atoms with Gasteiger partial charge in [0.15, 0.2) is 5.75 Å². The van der Waals surface area contributed by atoms with Crippen LogP contribution in [0.3, 0.4) is 0 Å². The molecular weight excluding hydrogens is 296 g/mol. The Morgan fingerprint density at radius 2 is 1.58 bits per heavy atom. The number of benzene rings is 2. The Balaban J connectivity index is 2.30. The molecule has 0 fully saturated rings. The van der Waals surface area contributed by atoms with Crippen molar-refractivity contribution in [2.45, 2.75) is 52.4 Å². The minimum Gasteiger partial charge on any atom is -0.338 e. The summed E-state index contributed by atoms with van der Waals surface area (Å²) in [7, 11) is 0. The lowest BCUT2D eigenvalue weighted by Crippen LogP contribution is -2.17. The summed E-state index contributed by atoms with van der Waals surface area (Å²) in [4.78, 5) is 7.97. The average Bonchev–Trinajstić information content (AvgIpc) is 2.87. The molecular formula is C21H25N2O. The first-order chi connectivity index (χ1) is 11.1. The predicted octanol–water partition coefficient (Wildman–Crippen LogP) is 5.97. The Hall–Kier alpha value is -2.29. The third-order valence-electron chi connectivity index (χ3n) is 4.40. The van der Waals surface area contributed by atoms with E-state index in [-0.39, 0.29) is 16.6 Å². The zero-order chi connectivity index (χ0) is 17.7. The number of para-hydroxylation sites is 2. The van der Waals surface area contributed by atoms with Gasteiger partial charge in [0, 0.05) is 0 Å². The molecule has 1 radical (unpaired) electrons. The molecule has 3 nitrogen and oxygen atoms in total. The SMILES string of the molecule is CC(C)(C)c1cc([O])c(-c2nc3ccccc3[nH]2)c(C(C)(C)C)c1. The van der Waals surface area contributed by atoms with Crippen LogP contribution in [0.4, 0.5) is 0 Å². The molecule has 0 spiro atoms. The molecule has 3 heteroatoms. The van der Waals surface area contributed by atoms with E-state index in [2.05, 4.69) is 57.6 Å². The molecule has 24 heavy (non-hydrogen) atoms. The number of imidazole rings is 1. The summed E-state index contributed by atoms with van der Waals surface area (Å²) >= 11 is 0. The average molecular weight is 321 g/mol. The van der Waals surface area contributed by atoms with Crippen LogP contribution >= 0.6 is 0 Å². The van der Waals surface area contributed by atoms with Gasteiger partial charge >= 0.3 is 0 Å². The van der Waals surface area contributed by atoms with E-state index in [1.165, 1.54) is 0 Å². The lowest BCUT2D eigenvalue weighted by atomic mass is 9.78. The smallest absolute Gasteiger partial charge is 0.190 e. The predicted molar refractivity (Wildman–Crippen MR) is 99.1 cm³/mol. The number of nitrogens with one attached hydrogen (secondary N) is 1. The molecule has 3 rings (SSSR count). The van der Waals surface area contributed by atoms with Crippen LogP contribution in [-0.4, -0.2) is 9.97 Å². The van der Waals surface area contributed by atoms with Crippen molar-refractivity contribution < 1.29 is 5.11 Å². The van der Waals surface area contributed by atoms with E-state index in [9.17, 15) is 5.11 Å². The minimum absolute atomic E-state index is 0.0337. The standard InChI is InChI=1S/C21H25N2O/c1-20(2,3)13-11-14(21(4,5)6)18(17(24)12-13)19-22-15-9-7-8-10-16(15)23-19/h7-12H,1-6H3,(H,22,23). The summed E-state index contributed by atoms with van der Waals surface area (Å²) in [5.74, 6) is 0.693. The van der Waals surface area contributed by atoms with E-state index in [0.29, 0.717) is 11.4 Å². The molecule has 2 aromatic carbocycles. The Morgan fingerprint density at radius 1 is 0.917 bits per heavy atom. The van der Waals surface area contributed by atoms with Gasteiger partial charge in [0.25, 0.3) is 0 Å². The second-order valence-corrected chi connectivity index (χ2v) is 8.50. The molecule has 1 aromatic heterocycles. The van der Waals surface area contributed by atoms with Gasteiger partial charge in [-0.15, -0.1) is 0 Å². The highest BCUT2D eigenvalue weighted by atomic mass is 16.3. The number of nitrogens with zero attached hydrogens (tertiary/aromatic N) is 1. The first-order valence-electron chi connectivity index (χ1n) is 8.38. The van der Waals surface area contributed by atoms with Crippen LogP contribution in [0.15, 0.2) is 36.4 Å². The summed E-state index contributed by atoms with van der Waals surface area (Å²) < 4.78 is 0. The van der Waals surface area contributed by atoms with Crippen LogP contribution in [0.25, 0.3) is 22.4 Å². The summed E-state index contributed by atoms with van der Waals surface area (Å²) in [5.41, 5.74) is 4.42. The number of H-pyrrole nitrogens is 1. The molecule has 125 valence electrons. The number of aromatic nitrogens is 2. The molecule has 3 aromatic rings. The fourth-order valence-corrected chi connectivity index (χ4v) is 2.96. The zero-order valence-corrected chi connectivity index (χ0v) is 15.3. The normalized spacial score (nSPS) is 12.8. The highest BCUT2D eigenvalue weighted by Gasteiger charge is 2.27. The quantitative estimate of drug-likeness (QED) is 0.590. The molecule has 0 unspecified atom stereocenters. The lowest BCUT2D eigenvalue weighted by molar-refractivity contribution is 0.353. The topological polar surface area (TPSA) is 48.6 Å². The highest BCUT2D eigenvalue weighted by Crippen LogP contribution is 2.42. The number of hydrogen-bond acceptors (Lipinski definition) is 1. The van der Waals surface area contributed by atoms with Crippen molar-refractivity contribution in [1.29, 1.82) is 0 Å². The van der Waals surface area contributed by atoms with Crippen molar-refractivity contribution in [2.75, 3.05) is 0 Å². The number of aromatic amines is 1. The molecule has 0 aliphatic heterocycles. The van der Waals surface area contributed by atoms with Gasteiger partial charge in [-0.25, -0.2) is 4.98 Å². The Bertz CT molecular complexity index is 859.